The summed E-state index contributed by atoms with van der Waals surface area (Å²) in [5.41, 5.74) is 2.24. The zero-order chi connectivity index (χ0) is 20.8. The number of rotatable bonds is 9. The van der Waals surface area contributed by atoms with E-state index in [0.717, 1.165) is 24.1 Å². The van der Waals surface area contributed by atoms with Crippen molar-refractivity contribution in [3.05, 3.63) is 58.8 Å². The molecule has 0 radical (unpaired) electrons. The van der Waals surface area contributed by atoms with Crippen molar-refractivity contribution in [2.75, 3.05) is 24.4 Å². The van der Waals surface area contributed by atoms with Crippen LogP contribution in [-0.4, -0.2) is 33.5 Å². The number of ether oxygens (including phenoxy) is 1. The largest absolute Gasteiger partial charge is 0.382 e. The summed E-state index contributed by atoms with van der Waals surface area (Å²) < 4.78 is 21.7. The first-order valence-electron chi connectivity index (χ1n) is 9.32. The first-order valence-corrected chi connectivity index (χ1v) is 9.70. The van der Waals surface area contributed by atoms with Crippen LogP contribution in [0.5, 0.6) is 0 Å². The maximum atomic E-state index is 14.7. The number of nitrogens with one attached hydrogen (secondary N) is 2. The minimum absolute atomic E-state index is 0.253. The molecule has 2 N–H and O–H groups in total. The van der Waals surface area contributed by atoms with E-state index in [1.165, 1.54) is 12.3 Å². The van der Waals surface area contributed by atoms with E-state index in [4.69, 9.17) is 16.3 Å². The second-order valence-corrected chi connectivity index (χ2v) is 7.04. The number of aromatic nitrogens is 4. The van der Waals surface area contributed by atoms with Crippen LogP contribution in [0.4, 0.5) is 21.8 Å². The van der Waals surface area contributed by atoms with Gasteiger partial charge in [0.25, 0.3) is 0 Å². The standard InChI is InChI=1S/C20H24ClFN6O/c1-4-6-13-7-5-8-16(22)18(13)17(12-29-3)26-19-15(21)10-23-20(27-19)25-14-9-24-28(2)11-14/h5,7-11,17H,4,6,12H2,1-3H3,(H2,23,25,26,27). The van der Waals surface area contributed by atoms with Gasteiger partial charge < -0.3 is 15.4 Å². The molecule has 0 saturated carbocycles. The SMILES string of the molecule is CCCc1cccc(F)c1C(COC)Nc1nc(Nc2cnn(C)c2)ncc1Cl. The van der Waals surface area contributed by atoms with E-state index in [2.05, 4.69) is 32.6 Å². The van der Waals surface area contributed by atoms with E-state index in [1.807, 2.05) is 13.1 Å². The van der Waals surface area contributed by atoms with E-state index in [1.54, 1.807) is 30.3 Å². The van der Waals surface area contributed by atoms with E-state index in [0.29, 0.717) is 22.4 Å². The van der Waals surface area contributed by atoms with Gasteiger partial charge in [-0.15, -0.1) is 0 Å². The van der Waals surface area contributed by atoms with Gasteiger partial charge in [0.2, 0.25) is 5.95 Å². The summed E-state index contributed by atoms with van der Waals surface area (Å²) in [7, 11) is 3.39. The number of benzene rings is 1. The first-order chi connectivity index (χ1) is 14.0. The monoisotopic (exact) mass is 418 g/mol. The maximum Gasteiger partial charge on any atom is 0.229 e. The lowest BCUT2D eigenvalue weighted by Crippen LogP contribution is -2.21. The Labute approximate surface area is 174 Å². The molecule has 2 aromatic heterocycles. The Morgan fingerprint density at radius 1 is 1.31 bits per heavy atom. The van der Waals surface area contributed by atoms with Gasteiger partial charge in [0.05, 0.1) is 30.7 Å². The van der Waals surface area contributed by atoms with Crippen molar-refractivity contribution >= 4 is 29.1 Å². The van der Waals surface area contributed by atoms with Crippen molar-refractivity contribution < 1.29 is 9.13 Å². The average molecular weight is 419 g/mol. The quantitative estimate of drug-likeness (QED) is 0.532. The summed E-state index contributed by atoms with van der Waals surface area (Å²) in [4.78, 5) is 8.65. The predicted molar refractivity (Wildman–Crippen MR) is 112 cm³/mol. The Bertz CT molecular complexity index is 964. The highest BCUT2D eigenvalue weighted by molar-refractivity contribution is 6.32. The Kier molecular flexibility index (Phi) is 7.00. The van der Waals surface area contributed by atoms with Crippen LogP contribution in [0.3, 0.4) is 0 Å². The lowest BCUT2D eigenvalue weighted by Gasteiger charge is -2.23. The Balaban J connectivity index is 1.90. The lowest BCUT2D eigenvalue weighted by atomic mass is 9.97. The van der Waals surface area contributed by atoms with Gasteiger partial charge in [-0.3, -0.25) is 4.68 Å². The highest BCUT2D eigenvalue weighted by Gasteiger charge is 2.21. The summed E-state index contributed by atoms with van der Waals surface area (Å²) >= 11 is 6.31. The van der Waals surface area contributed by atoms with Gasteiger partial charge in [-0.05, 0) is 18.1 Å². The molecule has 1 aromatic carbocycles. The summed E-state index contributed by atoms with van der Waals surface area (Å²) in [5.74, 6) is 0.452. The van der Waals surface area contributed by atoms with Crippen molar-refractivity contribution in [3.8, 4) is 0 Å². The number of hydrogen-bond acceptors (Lipinski definition) is 6. The van der Waals surface area contributed by atoms with Crippen LogP contribution in [-0.2, 0) is 18.2 Å². The molecule has 0 bridgehead atoms. The summed E-state index contributed by atoms with van der Waals surface area (Å²) in [6, 6.07) is 4.65. The van der Waals surface area contributed by atoms with Crippen molar-refractivity contribution in [1.82, 2.24) is 19.7 Å². The van der Waals surface area contributed by atoms with Gasteiger partial charge in [-0.1, -0.05) is 37.1 Å². The van der Waals surface area contributed by atoms with Crippen LogP contribution in [0.25, 0.3) is 0 Å². The molecule has 154 valence electrons. The van der Waals surface area contributed by atoms with Gasteiger partial charge in [0.15, 0.2) is 5.82 Å². The summed E-state index contributed by atoms with van der Waals surface area (Å²) in [6.45, 7) is 2.31. The molecular weight excluding hydrogens is 395 g/mol. The normalized spacial score (nSPS) is 12.0. The molecule has 0 aliphatic heterocycles. The molecule has 0 fully saturated rings. The zero-order valence-corrected chi connectivity index (χ0v) is 17.4. The molecule has 0 spiro atoms. The molecular formula is C20H24ClFN6O. The highest BCUT2D eigenvalue weighted by atomic mass is 35.5. The summed E-state index contributed by atoms with van der Waals surface area (Å²) in [5, 5.41) is 10.7. The topological polar surface area (TPSA) is 76.9 Å². The smallest absolute Gasteiger partial charge is 0.229 e. The number of hydrogen-bond donors (Lipinski definition) is 2. The number of aryl methyl sites for hydroxylation is 2. The van der Waals surface area contributed by atoms with E-state index < -0.39 is 6.04 Å². The Morgan fingerprint density at radius 3 is 2.83 bits per heavy atom. The minimum Gasteiger partial charge on any atom is -0.382 e. The fourth-order valence-electron chi connectivity index (χ4n) is 3.13. The maximum absolute atomic E-state index is 14.7. The van der Waals surface area contributed by atoms with Crippen LogP contribution in [0.2, 0.25) is 5.02 Å². The van der Waals surface area contributed by atoms with Crippen LogP contribution in [0.1, 0.15) is 30.5 Å². The fraction of sp³-hybridized carbons (Fsp3) is 0.350. The molecule has 1 unspecified atom stereocenters. The Hall–Kier alpha value is -2.71. The van der Waals surface area contributed by atoms with Gasteiger partial charge in [0, 0.05) is 25.9 Å². The second-order valence-electron chi connectivity index (χ2n) is 6.63. The summed E-state index contributed by atoms with van der Waals surface area (Å²) in [6.07, 6.45) is 6.63. The van der Waals surface area contributed by atoms with Gasteiger partial charge in [-0.25, -0.2) is 9.37 Å². The Morgan fingerprint density at radius 2 is 2.14 bits per heavy atom. The molecule has 2 heterocycles. The number of nitrogens with zero attached hydrogens (tertiary/aromatic N) is 4. The zero-order valence-electron chi connectivity index (χ0n) is 16.6. The van der Waals surface area contributed by atoms with Gasteiger partial charge >= 0.3 is 0 Å². The molecule has 7 nitrogen and oxygen atoms in total. The molecule has 0 aliphatic carbocycles. The van der Waals surface area contributed by atoms with E-state index in [-0.39, 0.29) is 12.4 Å². The molecule has 0 amide bonds. The second kappa shape index (κ2) is 9.67. The number of anilines is 3. The molecule has 3 rings (SSSR count). The number of methoxy groups -OCH3 is 1. The third-order valence-corrected chi connectivity index (χ3v) is 4.64. The van der Waals surface area contributed by atoms with E-state index in [9.17, 15) is 4.39 Å². The molecule has 9 heteroatoms. The van der Waals surface area contributed by atoms with Gasteiger partial charge in [-0.2, -0.15) is 10.1 Å². The van der Waals surface area contributed by atoms with Crippen LogP contribution >= 0.6 is 11.6 Å². The molecule has 1 atom stereocenters. The van der Waals surface area contributed by atoms with E-state index >= 15 is 0 Å². The van der Waals surface area contributed by atoms with Crippen molar-refractivity contribution in [3.63, 3.8) is 0 Å². The lowest BCUT2D eigenvalue weighted by molar-refractivity contribution is 0.185. The highest BCUT2D eigenvalue weighted by Crippen LogP contribution is 2.29. The fourth-order valence-corrected chi connectivity index (χ4v) is 3.28. The van der Waals surface area contributed by atoms with Crippen LogP contribution < -0.4 is 10.6 Å². The predicted octanol–water partition coefficient (Wildman–Crippen LogP) is 4.50. The number of halogens is 2. The average Bonchev–Trinajstić information content (AvgIpc) is 3.09. The van der Waals surface area contributed by atoms with Crippen LogP contribution in [0, 0.1) is 5.82 Å². The van der Waals surface area contributed by atoms with Crippen molar-refractivity contribution in [2.24, 2.45) is 7.05 Å². The third kappa shape index (κ3) is 5.21. The van der Waals surface area contributed by atoms with Gasteiger partial charge in [0.1, 0.15) is 10.8 Å². The molecule has 29 heavy (non-hydrogen) atoms. The molecule has 0 aliphatic rings. The van der Waals surface area contributed by atoms with Crippen molar-refractivity contribution in [1.29, 1.82) is 0 Å². The molecule has 3 aromatic rings. The van der Waals surface area contributed by atoms with Crippen LogP contribution in [0.15, 0.2) is 36.8 Å². The van der Waals surface area contributed by atoms with Crippen molar-refractivity contribution in [2.45, 2.75) is 25.8 Å². The third-order valence-electron chi connectivity index (χ3n) is 4.36. The first kappa shape index (κ1) is 21.0. The molecule has 0 saturated heterocycles. The minimum atomic E-state index is -0.457.